The van der Waals surface area contributed by atoms with E-state index < -0.39 is 0 Å². The first kappa shape index (κ1) is 14.4. The predicted molar refractivity (Wildman–Crippen MR) is 68.3 cm³/mol. The summed E-state index contributed by atoms with van der Waals surface area (Å²) in [5, 5.41) is 4.70. The average molecular weight is 265 g/mol. The van der Waals surface area contributed by atoms with Gasteiger partial charge in [0.15, 0.2) is 0 Å². The first-order valence-electron chi connectivity index (χ1n) is 5.80. The van der Waals surface area contributed by atoms with Gasteiger partial charge < -0.3 is 10.2 Å². The van der Waals surface area contributed by atoms with E-state index in [0.29, 0.717) is 6.04 Å². The van der Waals surface area contributed by atoms with E-state index in [0.717, 1.165) is 25.0 Å². The maximum atomic E-state index is 3.60. The Hall–Kier alpha value is 0.400. The molecule has 0 rings (SSSR count). The second kappa shape index (κ2) is 9.94. The SMILES string of the molecule is CCC(CCBr)NCCN(CC)CC. The van der Waals surface area contributed by atoms with E-state index in [4.69, 9.17) is 0 Å². The van der Waals surface area contributed by atoms with Crippen LogP contribution < -0.4 is 5.32 Å². The molecule has 1 unspecified atom stereocenters. The van der Waals surface area contributed by atoms with Gasteiger partial charge in [-0.2, -0.15) is 0 Å². The van der Waals surface area contributed by atoms with E-state index >= 15 is 0 Å². The Bertz CT molecular complexity index is 116. The number of halogens is 1. The molecule has 14 heavy (non-hydrogen) atoms. The van der Waals surface area contributed by atoms with Gasteiger partial charge in [-0.15, -0.1) is 0 Å². The smallest absolute Gasteiger partial charge is 0.0107 e. The van der Waals surface area contributed by atoms with Crippen LogP contribution in [0.5, 0.6) is 0 Å². The number of hydrogen-bond acceptors (Lipinski definition) is 2. The van der Waals surface area contributed by atoms with Crippen molar-refractivity contribution in [2.75, 3.05) is 31.5 Å². The van der Waals surface area contributed by atoms with Gasteiger partial charge >= 0.3 is 0 Å². The van der Waals surface area contributed by atoms with Gasteiger partial charge in [0.25, 0.3) is 0 Å². The van der Waals surface area contributed by atoms with Crippen LogP contribution in [0.2, 0.25) is 0 Å². The van der Waals surface area contributed by atoms with E-state index in [1.54, 1.807) is 0 Å². The van der Waals surface area contributed by atoms with Gasteiger partial charge in [-0.1, -0.05) is 36.7 Å². The fourth-order valence-electron chi connectivity index (χ4n) is 1.55. The van der Waals surface area contributed by atoms with Crippen LogP contribution in [0, 0.1) is 0 Å². The number of rotatable bonds is 9. The molecule has 0 spiro atoms. The van der Waals surface area contributed by atoms with Gasteiger partial charge in [0.2, 0.25) is 0 Å². The second-order valence-corrected chi connectivity index (χ2v) is 4.36. The molecule has 3 heteroatoms. The monoisotopic (exact) mass is 264 g/mol. The van der Waals surface area contributed by atoms with Crippen molar-refractivity contribution in [3.63, 3.8) is 0 Å². The molecule has 1 atom stereocenters. The van der Waals surface area contributed by atoms with Gasteiger partial charge in [0, 0.05) is 24.5 Å². The van der Waals surface area contributed by atoms with Crippen molar-refractivity contribution in [3.05, 3.63) is 0 Å². The molecule has 0 fully saturated rings. The molecular weight excluding hydrogens is 240 g/mol. The molecule has 0 aliphatic carbocycles. The Kier molecular flexibility index (Phi) is 10.2. The first-order chi connectivity index (χ1) is 6.78. The Morgan fingerprint density at radius 1 is 1.21 bits per heavy atom. The maximum absolute atomic E-state index is 3.60. The first-order valence-corrected chi connectivity index (χ1v) is 6.92. The molecule has 0 aliphatic heterocycles. The molecule has 0 aliphatic rings. The topological polar surface area (TPSA) is 15.3 Å². The van der Waals surface area contributed by atoms with Crippen LogP contribution in [0.25, 0.3) is 0 Å². The summed E-state index contributed by atoms with van der Waals surface area (Å²) in [7, 11) is 0. The molecule has 2 nitrogen and oxygen atoms in total. The lowest BCUT2D eigenvalue weighted by molar-refractivity contribution is 0.294. The molecule has 0 saturated carbocycles. The summed E-state index contributed by atoms with van der Waals surface area (Å²) < 4.78 is 0. The van der Waals surface area contributed by atoms with Gasteiger partial charge in [-0.3, -0.25) is 0 Å². The summed E-state index contributed by atoms with van der Waals surface area (Å²) in [6, 6.07) is 0.685. The molecule has 0 aromatic rings. The van der Waals surface area contributed by atoms with Crippen LogP contribution in [-0.2, 0) is 0 Å². The third-order valence-electron chi connectivity index (χ3n) is 2.71. The van der Waals surface area contributed by atoms with Crippen LogP contribution in [0.1, 0.15) is 33.6 Å². The number of likely N-dealkylation sites (N-methyl/N-ethyl adjacent to an activating group) is 1. The number of nitrogens with zero attached hydrogens (tertiary/aromatic N) is 1. The number of hydrogen-bond donors (Lipinski definition) is 1. The lowest BCUT2D eigenvalue weighted by Crippen LogP contribution is -2.37. The highest BCUT2D eigenvalue weighted by Gasteiger charge is 2.04. The molecule has 86 valence electrons. The lowest BCUT2D eigenvalue weighted by atomic mass is 10.2. The minimum atomic E-state index is 0.685. The summed E-state index contributed by atoms with van der Waals surface area (Å²) >= 11 is 3.49. The van der Waals surface area contributed by atoms with Crippen LogP contribution in [0.3, 0.4) is 0 Å². The quantitative estimate of drug-likeness (QED) is 0.644. The fourth-order valence-corrected chi connectivity index (χ4v) is 2.10. The van der Waals surface area contributed by atoms with Crippen molar-refractivity contribution < 1.29 is 0 Å². The minimum Gasteiger partial charge on any atom is -0.313 e. The highest BCUT2D eigenvalue weighted by molar-refractivity contribution is 9.09. The number of nitrogens with one attached hydrogen (secondary N) is 1. The predicted octanol–water partition coefficient (Wildman–Crippen LogP) is 2.48. The molecule has 0 saturated heterocycles. The largest absolute Gasteiger partial charge is 0.313 e. The van der Waals surface area contributed by atoms with Crippen LogP contribution in [-0.4, -0.2) is 42.5 Å². The highest BCUT2D eigenvalue weighted by Crippen LogP contribution is 2.00. The zero-order valence-corrected chi connectivity index (χ0v) is 11.4. The van der Waals surface area contributed by atoms with E-state index in [2.05, 4.69) is 46.9 Å². The molecule has 0 bridgehead atoms. The summed E-state index contributed by atoms with van der Waals surface area (Å²) in [5.74, 6) is 0. The Labute approximate surface area is 97.6 Å². The third kappa shape index (κ3) is 6.80. The van der Waals surface area contributed by atoms with Gasteiger partial charge in [0.1, 0.15) is 0 Å². The normalized spacial score (nSPS) is 13.5. The fraction of sp³-hybridized carbons (Fsp3) is 1.00. The minimum absolute atomic E-state index is 0.685. The highest BCUT2D eigenvalue weighted by atomic mass is 79.9. The van der Waals surface area contributed by atoms with Crippen molar-refractivity contribution in [3.8, 4) is 0 Å². The van der Waals surface area contributed by atoms with E-state index in [1.165, 1.54) is 19.4 Å². The Morgan fingerprint density at radius 3 is 2.29 bits per heavy atom. The van der Waals surface area contributed by atoms with Crippen LogP contribution in [0.4, 0.5) is 0 Å². The molecule has 1 N–H and O–H groups in total. The average Bonchev–Trinajstić information content (AvgIpc) is 2.23. The summed E-state index contributed by atoms with van der Waals surface area (Å²) in [6.45, 7) is 11.3. The van der Waals surface area contributed by atoms with Crippen molar-refractivity contribution in [2.24, 2.45) is 0 Å². The van der Waals surface area contributed by atoms with Crippen molar-refractivity contribution in [2.45, 2.75) is 39.7 Å². The molecule has 0 heterocycles. The summed E-state index contributed by atoms with van der Waals surface area (Å²) in [4.78, 5) is 2.45. The number of alkyl halides is 1. The lowest BCUT2D eigenvalue weighted by Gasteiger charge is -2.21. The van der Waals surface area contributed by atoms with Crippen molar-refractivity contribution in [1.82, 2.24) is 10.2 Å². The Balaban J connectivity index is 3.48. The van der Waals surface area contributed by atoms with Gasteiger partial charge in [-0.25, -0.2) is 0 Å². The zero-order chi connectivity index (χ0) is 10.8. The second-order valence-electron chi connectivity index (χ2n) is 3.56. The van der Waals surface area contributed by atoms with E-state index in [1.807, 2.05) is 0 Å². The third-order valence-corrected chi connectivity index (χ3v) is 3.16. The molecule has 0 radical (unpaired) electrons. The Morgan fingerprint density at radius 2 is 1.86 bits per heavy atom. The summed E-state index contributed by atoms with van der Waals surface area (Å²) in [5.41, 5.74) is 0. The van der Waals surface area contributed by atoms with E-state index in [-0.39, 0.29) is 0 Å². The standard InChI is InChI=1S/C11H25BrN2/c1-4-11(7-8-12)13-9-10-14(5-2)6-3/h11,13H,4-10H2,1-3H3. The molecular formula is C11H25BrN2. The molecule has 0 aromatic heterocycles. The molecule has 0 amide bonds. The van der Waals surface area contributed by atoms with Crippen molar-refractivity contribution >= 4 is 15.9 Å². The molecule has 0 aromatic carbocycles. The van der Waals surface area contributed by atoms with Gasteiger partial charge in [0.05, 0.1) is 0 Å². The van der Waals surface area contributed by atoms with Crippen LogP contribution >= 0.6 is 15.9 Å². The zero-order valence-electron chi connectivity index (χ0n) is 9.85. The maximum Gasteiger partial charge on any atom is 0.0107 e. The van der Waals surface area contributed by atoms with Crippen molar-refractivity contribution in [1.29, 1.82) is 0 Å². The van der Waals surface area contributed by atoms with E-state index in [9.17, 15) is 0 Å². The summed E-state index contributed by atoms with van der Waals surface area (Å²) in [6.07, 6.45) is 2.46. The van der Waals surface area contributed by atoms with Crippen LogP contribution in [0.15, 0.2) is 0 Å². The van der Waals surface area contributed by atoms with Gasteiger partial charge in [-0.05, 0) is 25.9 Å².